The average Bonchev–Trinajstić information content (AvgIpc) is 4.06. The lowest BCUT2D eigenvalue weighted by molar-refractivity contribution is 0.628. The van der Waals surface area contributed by atoms with E-state index in [2.05, 4.69) is 69.0 Å². The number of halogens is 3. The Bertz CT molecular complexity index is 2800. The van der Waals surface area contributed by atoms with Crippen molar-refractivity contribution in [3.05, 3.63) is 196 Å². The quantitative estimate of drug-likeness (QED) is 0.109. The molecular weight excluding hydrogens is 828 g/mol. The summed E-state index contributed by atoms with van der Waals surface area (Å²) in [6.45, 7) is 4.65. The van der Waals surface area contributed by atoms with Crippen LogP contribution in [-0.2, 0) is 6.54 Å². The molecule has 0 unspecified atom stereocenters. The fourth-order valence-corrected chi connectivity index (χ4v) is 8.05. The molecule has 0 aliphatic rings. The van der Waals surface area contributed by atoms with Crippen LogP contribution in [0, 0.1) is 31.3 Å². The van der Waals surface area contributed by atoms with Gasteiger partial charge in [0, 0.05) is 50.8 Å². The summed E-state index contributed by atoms with van der Waals surface area (Å²) in [5, 5.41) is 17.5. The van der Waals surface area contributed by atoms with Crippen LogP contribution >= 0.6 is 34.0 Å². The van der Waals surface area contributed by atoms with E-state index in [4.69, 9.17) is 5.73 Å². The highest BCUT2D eigenvalue weighted by Crippen LogP contribution is 2.30. The van der Waals surface area contributed by atoms with Gasteiger partial charge in [0.25, 0.3) is 0 Å². The number of aromatic nitrogens is 3. The molecule has 0 saturated heterocycles. The minimum Gasteiger partial charge on any atom is -0.332 e. The van der Waals surface area contributed by atoms with Gasteiger partial charge >= 0.3 is 0 Å². The SMILES string of the molecule is Cc1cccc(-c2csc(Nc3ccc(F)cc3)n2)c1.Cc1cccc(-c2csc(Nc3cccc(F)c3)n2)c1.NCc1ccc(-c2csc(Nc3ccccc3F)n2)cc1. The maximum atomic E-state index is 13.6. The van der Waals surface area contributed by atoms with Crippen molar-refractivity contribution in [1.82, 2.24) is 15.0 Å². The molecule has 3 heterocycles. The van der Waals surface area contributed by atoms with Gasteiger partial charge in [-0.1, -0.05) is 90.0 Å². The fraction of sp³-hybridized carbons (Fsp3) is 0.0625. The number of nitrogens with zero attached hydrogens (tertiary/aromatic N) is 3. The van der Waals surface area contributed by atoms with Crippen LogP contribution < -0.4 is 21.7 Å². The largest absolute Gasteiger partial charge is 0.332 e. The lowest BCUT2D eigenvalue weighted by atomic mass is 10.1. The zero-order chi connectivity index (χ0) is 42.6. The highest BCUT2D eigenvalue weighted by molar-refractivity contribution is 7.14. The van der Waals surface area contributed by atoms with Crippen LogP contribution in [0.2, 0.25) is 0 Å². The van der Waals surface area contributed by atoms with Crippen molar-refractivity contribution in [3.63, 3.8) is 0 Å². The minimum atomic E-state index is -0.290. The van der Waals surface area contributed by atoms with E-state index in [0.717, 1.165) is 55.3 Å². The van der Waals surface area contributed by atoms with Crippen LogP contribution in [-0.4, -0.2) is 15.0 Å². The number of thiazole rings is 3. The average molecular weight is 868 g/mol. The lowest BCUT2D eigenvalue weighted by Gasteiger charge is -2.03. The number of benzene rings is 6. The molecule has 9 aromatic rings. The molecule has 0 spiro atoms. The van der Waals surface area contributed by atoms with Gasteiger partial charge in [-0.25, -0.2) is 28.1 Å². The summed E-state index contributed by atoms with van der Waals surface area (Å²) in [7, 11) is 0. The molecule has 0 aliphatic heterocycles. The van der Waals surface area contributed by atoms with Crippen molar-refractivity contribution < 1.29 is 13.2 Å². The molecule has 7 nitrogen and oxygen atoms in total. The van der Waals surface area contributed by atoms with E-state index in [1.807, 2.05) is 70.7 Å². The van der Waals surface area contributed by atoms with Crippen molar-refractivity contribution in [3.8, 4) is 33.8 Å². The number of rotatable bonds is 10. The van der Waals surface area contributed by atoms with E-state index < -0.39 is 0 Å². The summed E-state index contributed by atoms with van der Waals surface area (Å²) in [4.78, 5) is 13.6. The summed E-state index contributed by atoms with van der Waals surface area (Å²) in [6, 6.07) is 43.6. The number of hydrogen-bond donors (Lipinski definition) is 4. The van der Waals surface area contributed by atoms with Gasteiger partial charge in [-0.15, -0.1) is 34.0 Å². The van der Waals surface area contributed by atoms with Crippen LogP contribution in [0.25, 0.3) is 33.8 Å². The molecule has 0 fully saturated rings. The van der Waals surface area contributed by atoms with Crippen LogP contribution in [0.15, 0.2) is 162 Å². The normalized spacial score (nSPS) is 10.5. The predicted octanol–water partition coefficient (Wildman–Crippen LogP) is 14.2. The Balaban J connectivity index is 0.000000138. The van der Waals surface area contributed by atoms with Crippen LogP contribution in [0.4, 0.5) is 45.6 Å². The second-order valence-electron chi connectivity index (χ2n) is 13.6. The first-order chi connectivity index (χ1) is 29.7. The topological polar surface area (TPSA) is 101 Å². The Hall–Kier alpha value is -6.64. The van der Waals surface area contributed by atoms with Crippen molar-refractivity contribution in [1.29, 1.82) is 0 Å². The van der Waals surface area contributed by atoms with E-state index in [1.54, 1.807) is 36.4 Å². The maximum absolute atomic E-state index is 13.6. The fourth-order valence-electron chi connectivity index (χ4n) is 5.84. The first kappa shape index (κ1) is 42.5. The maximum Gasteiger partial charge on any atom is 0.187 e. The first-order valence-electron chi connectivity index (χ1n) is 19.0. The second kappa shape index (κ2) is 20.6. The molecule has 0 saturated carbocycles. The van der Waals surface area contributed by atoms with Gasteiger partial charge in [0.2, 0.25) is 0 Å². The summed E-state index contributed by atoms with van der Waals surface area (Å²) in [6.07, 6.45) is 0. The van der Waals surface area contributed by atoms with Gasteiger partial charge < -0.3 is 21.7 Å². The Morgan fingerprint density at radius 1 is 0.475 bits per heavy atom. The Kier molecular flexibility index (Phi) is 14.3. The number of nitrogens with one attached hydrogen (secondary N) is 3. The second-order valence-corrected chi connectivity index (χ2v) is 16.2. The third-order valence-corrected chi connectivity index (χ3v) is 11.2. The summed E-state index contributed by atoms with van der Waals surface area (Å²) in [5.41, 5.74) is 17.0. The molecule has 0 aliphatic carbocycles. The van der Waals surface area contributed by atoms with Crippen molar-refractivity contribution in [2.24, 2.45) is 5.73 Å². The molecule has 9 rings (SSSR count). The van der Waals surface area contributed by atoms with Gasteiger partial charge in [0.15, 0.2) is 15.4 Å². The minimum absolute atomic E-state index is 0.241. The molecule has 0 amide bonds. The summed E-state index contributed by atoms with van der Waals surface area (Å²) >= 11 is 4.48. The van der Waals surface area contributed by atoms with Crippen molar-refractivity contribution in [2.45, 2.75) is 20.4 Å². The molecule has 61 heavy (non-hydrogen) atoms. The molecule has 0 radical (unpaired) electrons. The first-order valence-corrected chi connectivity index (χ1v) is 21.7. The van der Waals surface area contributed by atoms with Gasteiger partial charge in [0.1, 0.15) is 17.5 Å². The van der Waals surface area contributed by atoms with Crippen LogP contribution in [0.5, 0.6) is 0 Å². The highest BCUT2D eigenvalue weighted by Gasteiger charge is 2.09. The Morgan fingerprint density at radius 3 is 1.54 bits per heavy atom. The standard InChI is InChI=1S/C16H14FN3S.2C16H13FN2S/c17-13-3-1-2-4-14(13)19-16-20-15(10-21-16)12-7-5-11(9-18)6-8-12;1-11-4-2-5-12(8-11)15-10-20-16(19-15)18-14-7-3-6-13(17)9-14;1-11-3-2-4-12(9-11)15-10-20-16(19-15)18-14-7-5-13(17)6-8-14/h1-8,10H,9,18H2,(H,19,20);2*2-10H,1H3,(H,18,19). The van der Waals surface area contributed by atoms with E-state index in [-0.39, 0.29) is 17.5 Å². The van der Waals surface area contributed by atoms with Crippen LogP contribution in [0.3, 0.4) is 0 Å². The zero-order valence-electron chi connectivity index (χ0n) is 33.1. The van der Waals surface area contributed by atoms with E-state index >= 15 is 0 Å². The Labute approximate surface area is 364 Å². The molecule has 0 bridgehead atoms. The molecule has 5 N–H and O–H groups in total. The summed E-state index contributed by atoms with van der Waals surface area (Å²) < 4.78 is 39.6. The molecule has 0 atom stereocenters. The van der Waals surface area contributed by atoms with Crippen molar-refractivity contribution in [2.75, 3.05) is 16.0 Å². The monoisotopic (exact) mass is 867 g/mol. The van der Waals surface area contributed by atoms with Crippen LogP contribution in [0.1, 0.15) is 16.7 Å². The van der Waals surface area contributed by atoms with Gasteiger partial charge in [-0.2, -0.15) is 0 Å². The third kappa shape index (κ3) is 12.2. The Morgan fingerprint density at radius 2 is 1.00 bits per heavy atom. The predicted molar refractivity (Wildman–Crippen MR) is 249 cm³/mol. The van der Waals surface area contributed by atoms with Crippen molar-refractivity contribution >= 4 is 66.5 Å². The number of anilines is 6. The van der Waals surface area contributed by atoms with Gasteiger partial charge in [0.05, 0.1) is 22.8 Å². The number of para-hydroxylation sites is 1. The molecule has 13 heteroatoms. The van der Waals surface area contributed by atoms with Gasteiger partial charge in [-0.05, 0) is 86.1 Å². The zero-order valence-corrected chi connectivity index (χ0v) is 35.5. The molecular formula is C48H40F3N7S3. The highest BCUT2D eigenvalue weighted by atomic mass is 32.1. The number of aryl methyl sites for hydroxylation is 2. The molecule has 306 valence electrons. The van der Waals surface area contributed by atoms with E-state index in [9.17, 15) is 13.2 Å². The summed E-state index contributed by atoms with van der Waals surface area (Å²) in [5.74, 6) is -0.790. The molecule has 3 aromatic heterocycles. The smallest absolute Gasteiger partial charge is 0.187 e. The number of nitrogens with two attached hydrogens (primary N) is 1. The van der Waals surface area contributed by atoms with Gasteiger partial charge in [-0.3, -0.25) is 0 Å². The number of hydrogen-bond acceptors (Lipinski definition) is 10. The molecule has 6 aromatic carbocycles. The lowest BCUT2D eigenvalue weighted by Crippen LogP contribution is -1.95. The van der Waals surface area contributed by atoms with E-state index in [1.165, 1.54) is 75.5 Å². The third-order valence-electron chi connectivity index (χ3n) is 8.91. The van der Waals surface area contributed by atoms with E-state index in [0.29, 0.717) is 23.1 Å².